The molecule has 0 unspecified atom stereocenters. The van der Waals surface area contributed by atoms with Crippen molar-refractivity contribution in [3.63, 3.8) is 0 Å². The normalized spacial score (nSPS) is 15.8. The third kappa shape index (κ3) is 3.88. The van der Waals surface area contributed by atoms with Crippen LogP contribution in [0.5, 0.6) is 0 Å². The monoisotopic (exact) mass is 319 g/mol. The van der Waals surface area contributed by atoms with Gasteiger partial charge in [0, 0.05) is 43.9 Å². The molecule has 4 nitrogen and oxygen atoms in total. The number of piperazine rings is 1. The Morgan fingerprint density at radius 3 is 2.42 bits per heavy atom. The summed E-state index contributed by atoms with van der Waals surface area (Å²) in [5, 5.41) is 8.95. The molecule has 4 heteroatoms. The molecule has 2 aromatic rings. The number of nitriles is 1. The van der Waals surface area contributed by atoms with Crippen LogP contribution in [0.1, 0.15) is 27.0 Å². The first kappa shape index (κ1) is 16.4. The van der Waals surface area contributed by atoms with E-state index in [-0.39, 0.29) is 5.78 Å². The molecule has 122 valence electrons. The summed E-state index contributed by atoms with van der Waals surface area (Å²) >= 11 is 0. The smallest absolute Gasteiger partial charge is 0.193 e. The zero-order valence-corrected chi connectivity index (χ0v) is 13.9. The van der Waals surface area contributed by atoms with Crippen molar-refractivity contribution in [3.05, 3.63) is 70.8 Å². The molecule has 0 aliphatic carbocycles. The molecule has 0 radical (unpaired) electrons. The Labute approximate surface area is 142 Å². The molecule has 1 fully saturated rings. The van der Waals surface area contributed by atoms with E-state index in [0.717, 1.165) is 32.7 Å². The van der Waals surface area contributed by atoms with Crippen molar-refractivity contribution in [2.75, 3.05) is 33.2 Å². The molecule has 0 spiro atoms. The van der Waals surface area contributed by atoms with E-state index >= 15 is 0 Å². The number of nitrogens with zero attached hydrogens (tertiary/aromatic N) is 3. The van der Waals surface area contributed by atoms with Crippen molar-refractivity contribution in [2.45, 2.75) is 6.54 Å². The van der Waals surface area contributed by atoms with Gasteiger partial charge in [0.1, 0.15) is 0 Å². The lowest BCUT2D eigenvalue weighted by molar-refractivity contribution is 0.103. The van der Waals surface area contributed by atoms with Crippen LogP contribution in [0.4, 0.5) is 0 Å². The van der Waals surface area contributed by atoms with Crippen molar-refractivity contribution in [2.24, 2.45) is 0 Å². The molecule has 0 amide bonds. The second-order valence-corrected chi connectivity index (χ2v) is 6.30. The van der Waals surface area contributed by atoms with Gasteiger partial charge in [-0.1, -0.05) is 36.4 Å². The second-order valence-electron chi connectivity index (χ2n) is 6.30. The highest BCUT2D eigenvalue weighted by atomic mass is 16.1. The van der Waals surface area contributed by atoms with Crippen LogP contribution in [0.2, 0.25) is 0 Å². The van der Waals surface area contributed by atoms with Gasteiger partial charge in [0.25, 0.3) is 0 Å². The van der Waals surface area contributed by atoms with E-state index in [2.05, 4.69) is 22.9 Å². The largest absolute Gasteiger partial charge is 0.304 e. The van der Waals surface area contributed by atoms with Gasteiger partial charge in [-0.2, -0.15) is 5.26 Å². The SMILES string of the molecule is CN1CCN(Cc2ccc(C(=O)c3cccc(C#N)c3)cc2)CC1. The average Bonchev–Trinajstić information content (AvgIpc) is 2.64. The number of likely N-dealkylation sites (N-methyl/N-ethyl adjacent to an activating group) is 1. The third-order valence-electron chi connectivity index (χ3n) is 4.47. The Kier molecular flexibility index (Phi) is 5.05. The first-order valence-corrected chi connectivity index (χ1v) is 8.20. The van der Waals surface area contributed by atoms with Gasteiger partial charge in [0.2, 0.25) is 0 Å². The minimum atomic E-state index is -0.0433. The quantitative estimate of drug-likeness (QED) is 0.813. The first-order valence-electron chi connectivity index (χ1n) is 8.20. The average molecular weight is 319 g/mol. The summed E-state index contributed by atoms with van der Waals surface area (Å²) < 4.78 is 0. The lowest BCUT2D eigenvalue weighted by Gasteiger charge is -2.32. The second kappa shape index (κ2) is 7.39. The topological polar surface area (TPSA) is 47.3 Å². The Morgan fingerprint density at radius 1 is 1.04 bits per heavy atom. The van der Waals surface area contributed by atoms with E-state index in [4.69, 9.17) is 5.26 Å². The first-order chi connectivity index (χ1) is 11.7. The molecule has 2 aromatic carbocycles. The van der Waals surface area contributed by atoms with Gasteiger partial charge in [-0.3, -0.25) is 9.69 Å². The highest BCUT2D eigenvalue weighted by Gasteiger charge is 2.14. The van der Waals surface area contributed by atoms with Crippen LogP contribution in [-0.4, -0.2) is 48.8 Å². The molecule has 1 aliphatic rings. The zero-order valence-electron chi connectivity index (χ0n) is 13.9. The van der Waals surface area contributed by atoms with Gasteiger partial charge >= 0.3 is 0 Å². The van der Waals surface area contributed by atoms with Crippen LogP contribution in [0.3, 0.4) is 0 Å². The maximum atomic E-state index is 12.5. The van der Waals surface area contributed by atoms with Crippen molar-refractivity contribution in [1.82, 2.24) is 9.80 Å². The van der Waals surface area contributed by atoms with E-state index < -0.39 is 0 Å². The highest BCUT2D eigenvalue weighted by molar-refractivity contribution is 6.09. The fourth-order valence-electron chi connectivity index (χ4n) is 2.92. The maximum Gasteiger partial charge on any atom is 0.193 e. The van der Waals surface area contributed by atoms with E-state index in [1.54, 1.807) is 24.3 Å². The summed E-state index contributed by atoms with van der Waals surface area (Å²) in [5.41, 5.74) is 2.95. The van der Waals surface area contributed by atoms with E-state index in [9.17, 15) is 4.79 Å². The summed E-state index contributed by atoms with van der Waals surface area (Å²) in [6.45, 7) is 5.29. The van der Waals surface area contributed by atoms with Crippen molar-refractivity contribution >= 4 is 5.78 Å². The van der Waals surface area contributed by atoms with Gasteiger partial charge in [-0.25, -0.2) is 0 Å². The molecule has 0 atom stereocenters. The molecule has 0 N–H and O–H groups in total. The van der Waals surface area contributed by atoms with Gasteiger partial charge in [0.15, 0.2) is 5.78 Å². The predicted octanol–water partition coefficient (Wildman–Crippen LogP) is 2.54. The maximum absolute atomic E-state index is 12.5. The predicted molar refractivity (Wildman–Crippen MR) is 93.8 cm³/mol. The lowest BCUT2D eigenvalue weighted by atomic mass is 10.0. The summed E-state index contributed by atoms with van der Waals surface area (Å²) in [5.74, 6) is -0.0433. The molecule has 1 heterocycles. The Morgan fingerprint density at radius 2 is 1.75 bits per heavy atom. The highest BCUT2D eigenvalue weighted by Crippen LogP contribution is 2.14. The van der Waals surface area contributed by atoms with Gasteiger partial charge in [0.05, 0.1) is 11.6 Å². The van der Waals surface area contributed by atoms with E-state index in [0.29, 0.717) is 16.7 Å². The standard InChI is InChI=1S/C20H21N3O/c1-22-9-11-23(12-10-22)15-16-5-7-18(8-6-16)20(24)19-4-2-3-17(13-19)14-21/h2-8,13H,9-12,15H2,1H3. The van der Waals surface area contributed by atoms with Gasteiger partial charge in [-0.15, -0.1) is 0 Å². The number of hydrogen-bond donors (Lipinski definition) is 0. The molecule has 1 saturated heterocycles. The van der Waals surface area contributed by atoms with Crippen molar-refractivity contribution in [3.8, 4) is 6.07 Å². The van der Waals surface area contributed by atoms with Crippen molar-refractivity contribution < 1.29 is 4.79 Å². The fourth-order valence-corrected chi connectivity index (χ4v) is 2.92. The molecule has 3 rings (SSSR count). The number of benzene rings is 2. The number of rotatable bonds is 4. The summed E-state index contributed by atoms with van der Waals surface area (Å²) in [7, 11) is 2.15. The molecule has 0 bridgehead atoms. The summed E-state index contributed by atoms with van der Waals surface area (Å²) in [6.07, 6.45) is 0. The Balaban J connectivity index is 1.67. The van der Waals surface area contributed by atoms with E-state index in [1.165, 1.54) is 5.56 Å². The number of carbonyl (C=O) groups excluding carboxylic acids is 1. The summed E-state index contributed by atoms with van der Waals surface area (Å²) in [4.78, 5) is 17.3. The number of carbonyl (C=O) groups is 1. The van der Waals surface area contributed by atoms with Crippen LogP contribution in [0.15, 0.2) is 48.5 Å². The molecule has 0 aromatic heterocycles. The molecular formula is C20H21N3O. The van der Waals surface area contributed by atoms with Crippen LogP contribution < -0.4 is 0 Å². The fraction of sp³-hybridized carbons (Fsp3) is 0.300. The van der Waals surface area contributed by atoms with Crippen LogP contribution in [0, 0.1) is 11.3 Å². The lowest BCUT2D eigenvalue weighted by Crippen LogP contribution is -2.43. The minimum absolute atomic E-state index is 0.0433. The van der Waals surface area contributed by atoms with Crippen LogP contribution >= 0.6 is 0 Å². The van der Waals surface area contributed by atoms with Crippen LogP contribution in [0.25, 0.3) is 0 Å². The number of hydrogen-bond acceptors (Lipinski definition) is 4. The zero-order chi connectivity index (χ0) is 16.9. The van der Waals surface area contributed by atoms with Gasteiger partial charge < -0.3 is 4.90 Å². The van der Waals surface area contributed by atoms with E-state index in [1.807, 2.05) is 24.3 Å². The number of ketones is 1. The van der Waals surface area contributed by atoms with Crippen LogP contribution in [-0.2, 0) is 6.54 Å². The van der Waals surface area contributed by atoms with Gasteiger partial charge in [-0.05, 0) is 24.7 Å². The Bertz CT molecular complexity index is 753. The van der Waals surface area contributed by atoms with Crippen molar-refractivity contribution in [1.29, 1.82) is 5.26 Å². The third-order valence-corrected chi connectivity index (χ3v) is 4.47. The molecule has 1 aliphatic heterocycles. The Hall–Kier alpha value is -2.48. The molecular weight excluding hydrogens is 298 g/mol. The molecule has 24 heavy (non-hydrogen) atoms. The molecule has 0 saturated carbocycles. The minimum Gasteiger partial charge on any atom is -0.304 e. The summed E-state index contributed by atoms with van der Waals surface area (Å²) in [6, 6.07) is 16.7.